The molecule has 0 unspecified atom stereocenters. The zero-order chi connectivity index (χ0) is 14.3. The highest BCUT2D eigenvalue weighted by molar-refractivity contribution is 6.30. The van der Waals surface area contributed by atoms with Crippen molar-refractivity contribution in [1.29, 1.82) is 0 Å². The zero-order valence-electron chi connectivity index (χ0n) is 11.4. The number of anilines is 2. The number of aromatic nitrogens is 2. The third kappa shape index (κ3) is 2.61. The van der Waals surface area contributed by atoms with Gasteiger partial charge in [0, 0.05) is 11.5 Å². The monoisotopic (exact) mass is 291 g/mol. The number of halogens is 2. The van der Waals surface area contributed by atoms with Crippen LogP contribution in [-0.4, -0.2) is 9.97 Å². The molecule has 20 heavy (non-hydrogen) atoms. The van der Waals surface area contributed by atoms with Gasteiger partial charge >= 0.3 is 0 Å². The molecule has 1 heterocycles. The minimum atomic E-state index is -0.308. The quantitative estimate of drug-likeness (QED) is 0.846. The molecule has 3 nitrogen and oxygen atoms in total. The minimum Gasteiger partial charge on any atom is -0.337 e. The van der Waals surface area contributed by atoms with Crippen LogP contribution in [0.2, 0.25) is 5.15 Å². The maximum Gasteiger partial charge on any atom is 0.146 e. The molecule has 5 heteroatoms. The average Bonchev–Trinajstić information content (AvgIpc) is 3.23. The molecule has 1 aliphatic rings. The number of benzene rings is 1. The maximum atomic E-state index is 13.8. The van der Waals surface area contributed by atoms with Crippen molar-refractivity contribution in [2.45, 2.75) is 32.6 Å². The van der Waals surface area contributed by atoms with Gasteiger partial charge in [-0.3, -0.25) is 0 Å². The van der Waals surface area contributed by atoms with Crippen LogP contribution in [0, 0.1) is 19.7 Å². The lowest BCUT2D eigenvalue weighted by Crippen LogP contribution is -2.04. The van der Waals surface area contributed by atoms with Crippen molar-refractivity contribution < 1.29 is 4.39 Å². The van der Waals surface area contributed by atoms with Crippen LogP contribution in [0.3, 0.4) is 0 Å². The smallest absolute Gasteiger partial charge is 0.146 e. The number of aryl methyl sites for hydroxylation is 1. The van der Waals surface area contributed by atoms with E-state index in [1.165, 1.54) is 6.07 Å². The van der Waals surface area contributed by atoms with Gasteiger partial charge in [0.05, 0.1) is 5.69 Å². The van der Waals surface area contributed by atoms with Crippen molar-refractivity contribution in [1.82, 2.24) is 9.97 Å². The molecule has 2 aromatic rings. The molecule has 1 N–H and O–H groups in total. The Balaban J connectivity index is 1.99. The van der Waals surface area contributed by atoms with Crippen molar-refractivity contribution in [3.8, 4) is 0 Å². The van der Waals surface area contributed by atoms with Crippen LogP contribution in [-0.2, 0) is 0 Å². The summed E-state index contributed by atoms with van der Waals surface area (Å²) in [5, 5.41) is 3.46. The number of hydrogen-bond donors (Lipinski definition) is 1. The van der Waals surface area contributed by atoms with Gasteiger partial charge in [-0.1, -0.05) is 17.7 Å². The van der Waals surface area contributed by atoms with Gasteiger partial charge in [-0.15, -0.1) is 0 Å². The standard InChI is InChI=1S/C15H15ClFN3/c1-8-3-6-11(17)12(7-8)18-14-9(2)13(16)19-15(20-14)10-4-5-10/h3,6-7,10H,4-5H2,1-2H3,(H,18,19,20). The predicted molar refractivity (Wildman–Crippen MR) is 78.2 cm³/mol. The molecule has 0 bridgehead atoms. The highest BCUT2D eigenvalue weighted by Gasteiger charge is 2.28. The summed E-state index contributed by atoms with van der Waals surface area (Å²) in [6.45, 7) is 3.75. The van der Waals surface area contributed by atoms with E-state index >= 15 is 0 Å². The maximum absolute atomic E-state index is 13.8. The van der Waals surface area contributed by atoms with Gasteiger partial charge in [-0.2, -0.15) is 0 Å². The summed E-state index contributed by atoms with van der Waals surface area (Å²) < 4.78 is 13.8. The Morgan fingerprint density at radius 2 is 2.00 bits per heavy atom. The first kappa shape index (κ1) is 13.3. The first-order valence-corrected chi connectivity index (χ1v) is 6.99. The zero-order valence-corrected chi connectivity index (χ0v) is 12.1. The van der Waals surface area contributed by atoms with Crippen LogP contribution in [0.4, 0.5) is 15.9 Å². The summed E-state index contributed by atoms with van der Waals surface area (Å²) in [5.41, 5.74) is 2.12. The molecule has 0 aliphatic heterocycles. The molecule has 0 spiro atoms. The van der Waals surface area contributed by atoms with Gasteiger partial charge in [0.15, 0.2) is 0 Å². The fourth-order valence-electron chi connectivity index (χ4n) is 2.01. The first-order valence-electron chi connectivity index (χ1n) is 6.62. The van der Waals surface area contributed by atoms with E-state index in [4.69, 9.17) is 11.6 Å². The summed E-state index contributed by atoms with van der Waals surface area (Å²) in [6, 6.07) is 4.93. The van der Waals surface area contributed by atoms with Crippen molar-refractivity contribution in [3.63, 3.8) is 0 Å². The Hall–Kier alpha value is -1.68. The summed E-state index contributed by atoms with van der Waals surface area (Å²) in [6.07, 6.45) is 2.19. The van der Waals surface area contributed by atoms with Gasteiger partial charge < -0.3 is 5.32 Å². The topological polar surface area (TPSA) is 37.8 Å². The molecule has 1 aromatic heterocycles. The molecule has 1 aromatic carbocycles. The fraction of sp³-hybridized carbons (Fsp3) is 0.333. The Morgan fingerprint density at radius 3 is 2.70 bits per heavy atom. The van der Waals surface area contributed by atoms with E-state index in [2.05, 4.69) is 15.3 Å². The van der Waals surface area contributed by atoms with Crippen LogP contribution in [0.25, 0.3) is 0 Å². The van der Waals surface area contributed by atoms with Crippen LogP contribution in [0.15, 0.2) is 18.2 Å². The summed E-state index contributed by atoms with van der Waals surface area (Å²) in [4.78, 5) is 8.79. The number of hydrogen-bond acceptors (Lipinski definition) is 3. The highest BCUT2D eigenvalue weighted by Crippen LogP contribution is 2.39. The van der Waals surface area contributed by atoms with E-state index in [1.807, 2.05) is 13.8 Å². The molecule has 0 atom stereocenters. The van der Waals surface area contributed by atoms with Crippen LogP contribution in [0.5, 0.6) is 0 Å². The van der Waals surface area contributed by atoms with Gasteiger partial charge in [-0.05, 0) is 44.4 Å². The largest absolute Gasteiger partial charge is 0.337 e. The predicted octanol–water partition coefficient (Wildman–Crippen LogP) is 4.51. The second kappa shape index (κ2) is 5.02. The molecule has 0 radical (unpaired) electrons. The molecule has 1 aliphatic carbocycles. The molecule has 0 amide bonds. The summed E-state index contributed by atoms with van der Waals surface area (Å²) in [7, 11) is 0. The van der Waals surface area contributed by atoms with Crippen molar-refractivity contribution in [3.05, 3.63) is 46.1 Å². The van der Waals surface area contributed by atoms with Crippen LogP contribution < -0.4 is 5.32 Å². The highest BCUT2D eigenvalue weighted by atomic mass is 35.5. The van der Waals surface area contributed by atoms with Crippen LogP contribution in [0.1, 0.15) is 35.7 Å². The first-order chi connectivity index (χ1) is 9.54. The molecular formula is C15H15ClFN3. The van der Waals surface area contributed by atoms with Gasteiger partial charge in [0.25, 0.3) is 0 Å². The second-order valence-corrected chi connectivity index (χ2v) is 5.59. The van der Waals surface area contributed by atoms with E-state index < -0.39 is 0 Å². The fourth-order valence-corrected chi connectivity index (χ4v) is 2.19. The van der Waals surface area contributed by atoms with Gasteiger partial charge in [0.2, 0.25) is 0 Å². The third-order valence-electron chi connectivity index (χ3n) is 3.42. The van der Waals surface area contributed by atoms with E-state index in [-0.39, 0.29) is 5.82 Å². The van der Waals surface area contributed by atoms with Crippen molar-refractivity contribution >= 4 is 23.1 Å². The lowest BCUT2D eigenvalue weighted by Gasteiger charge is -2.12. The molecule has 0 saturated heterocycles. The lowest BCUT2D eigenvalue weighted by atomic mass is 10.2. The van der Waals surface area contributed by atoms with Gasteiger partial charge in [0.1, 0.15) is 22.6 Å². The number of nitrogens with one attached hydrogen (secondary N) is 1. The van der Waals surface area contributed by atoms with E-state index in [0.29, 0.717) is 22.6 Å². The van der Waals surface area contributed by atoms with E-state index in [1.54, 1.807) is 12.1 Å². The SMILES string of the molecule is Cc1ccc(F)c(Nc2nc(C3CC3)nc(Cl)c2C)c1. The van der Waals surface area contributed by atoms with Crippen molar-refractivity contribution in [2.75, 3.05) is 5.32 Å². The lowest BCUT2D eigenvalue weighted by molar-refractivity contribution is 0.631. The summed E-state index contributed by atoms with van der Waals surface area (Å²) >= 11 is 6.14. The Bertz CT molecular complexity index is 668. The number of nitrogens with zero attached hydrogens (tertiary/aromatic N) is 2. The molecule has 3 rings (SSSR count). The second-order valence-electron chi connectivity index (χ2n) is 5.23. The Labute approximate surface area is 122 Å². The normalized spacial score (nSPS) is 14.4. The Morgan fingerprint density at radius 1 is 1.25 bits per heavy atom. The van der Waals surface area contributed by atoms with Crippen molar-refractivity contribution in [2.24, 2.45) is 0 Å². The molecule has 1 fully saturated rings. The molecule has 1 saturated carbocycles. The van der Waals surface area contributed by atoms with E-state index in [9.17, 15) is 4.39 Å². The van der Waals surface area contributed by atoms with Gasteiger partial charge in [-0.25, -0.2) is 14.4 Å². The molecular weight excluding hydrogens is 277 g/mol. The minimum absolute atomic E-state index is 0.308. The van der Waals surface area contributed by atoms with E-state index in [0.717, 1.165) is 29.8 Å². The average molecular weight is 292 g/mol. The summed E-state index contributed by atoms with van der Waals surface area (Å²) in [5.74, 6) is 1.42. The van der Waals surface area contributed by atoms with Crippen LogP contribution >= 0.6 is 11.6 Å². The third-order valence-corrected chi connectivity index (χ3v) is 3.79. The number of rotatable bonds is 3. The molecule has 104 valence electrons. The Kier molecular flexibility index (Phi) is 3.34.